The van der Waals surface area contributed by atoms with E-state index in [0.29, 0.717) is 11.3 Å². The SMILES string of the molecule is O=c1ccc([N+](=O)[O-])cn1Cc1ncc(-c2ccc(F)cc2)o1. The summed E-state index contributed by atoms with van der Waals surface area (Å²) in [6, 6.07) is 7.92. The van der Waals surface area contributed by atoms with Crippen LogP contribution in [0.25, 0.3) is 11.3 Å². The van der Waals surface area contributed by atoms with Crippen molar-refractivity contribution in [2.24, 2.45) is 0 Å². The summed E-state index contributed by atoms with van der Waals surface area (Å²) in [5, 5.41) is 10.8. The van der Waals surface area contributed by atoms with Crippen molar-refractivity contribution in [3.8, 4) is 11.3 Å². The van der Waals surface area contributed by atoms with Crippen LogP contribution >= 0.6 is 0 Å². The van der Waals surface area contributed by atoms with Crippen molar-refractivity contribution in [3.05, 3.63) is 81.0 Å². The van der Waals surface area contributed by atoms with Crippen LogP contribution in [0.1, 0.15) is 5.89 Å². The third-order valence-electron chi connectivity index (χ3n) is 3.17. The van der Waals surface area contributed by atoms with Crippen molar-refractivity contribution in [2.45, 2.75) is 6.54 Å². The Morgan fingerprint density at radius 2 is 1.96 bits per heavy atom. The normalized spacial score (nSPS) is 10.7. The van der Waals surface area contributed by atoms with Gasteiger partial charge >= 0.3 is 0 Å². The number of oxazole rings is 1. The molecule has 0 unspecified atom stereocenters. The Balaban J connectivity index is 1.87. The first-order chi connectivity index (χ1) is 11.0. The Bertz CT molecular complexity index is 915. The van der Waals surface area contributed by atoms with E-state index >= 15 is 0 Å². The van der Waals surface area contributed by atoms with E-state index in [1.54, 1.807) is 12.1 Å². The van der Waals surface area contributed by atoms with Gasteiger partial charge in [0.15, 0.2) is 5.76 Å². The van der Waals surface area contributed by atoms with Gasteiger partial charge in [0.05, 0.1) is 17.3 Å². The Morgan fingerprint density at radius 1 is 1.22 bits per heavy atom. The number of aromatic nitrogens is 2. The largest absolute Gasteiger partial charge is 0.439 e. The van der Waals surface area contributed by atoms with E-state index in [1.165, 1.54) is 18.3 Å². The minimum atomic E-state index is -0.588. The first-order valence-corrected chi connectivity index (χ1v) is 6.58. The molecule has 0 aliphatic heterocycles. The van der Waals surface area contributed by atoms with Gasteiger partial charge < -0.3 is 4.42 Å². The van der Waals surface area contributed by atoms with Crippen LogP contribution < -0.4 is 5.56 Å². The molecule has 7 nitrogen and oxygen atoms in total. The van der Waals surface area contributed by atoms with Gasteiger partial charge in [-0.2, -0.15) is 0 Å². The third kappa shape index (κ3) is 3.15. The minimum Gasteiger partial charge on any atom is -0.439 e. The molecule has 8 heteroatoms. The number of halogens is 1. The van der Waals surface area contributed by atoms with Crippen LogP contribution in [0.2, 0.25) is 0 Å². The van der Waals surface area contributed by atoms with E-state index in [0.717, 1.165) is 22.9 Å². The molecule has 0 saturated heterocycles. The molecule has 0 aliphatic rings. The van der Waals surface area contributed by atoms with Crippen LogP contribution in [0, 0.1) is 15.9 Å². The second kappa shape index (κ2) is 5.84. The molecule has 0 aliphatic carbocycles. The maximum absolute atomic E-state index is 12.9. The summed E-state index contributed by atoms with van der Waals surface area (Å²) in [7, 11) is 0. The highest BCUT2D eigenvalue weighted by molar-refractivity contribution is 5.55. The van der Waals surface area contributed by atoms with Crippen LogP contribution in [0.15, 0.2) is 58.0 Å². The molecule has 0 amide bonds. The lowest BCUT2D eigenvalue weighted by atomic mass is 10.2. The predicted molar refractivity (Wildman–Crippen MR) is 78.4 cm³/mol. The summed E-state index contributed by atoms with van der Waals surface area (Å²) < 4.78 is 19.5. The van der Waals surface area contributed by atoms with Gasteiger partial charge in [0.2, 0.25) is 5.89 Å². The molecule has 116 valence electrons. The molecule has 0 atom stereocenters. The van der Waals surface area contributed by atoms with Gasteiger partial charge in [-0.25, -0.2) is 9.37 Å². The molecule has 0 radical (unpaired) electrons. The van der Waals surface area contributed by atoms with Gasteiger partial charge in [0.25, 0.3) is 11.2 Å². The lowest BCUT2D eigenvalue weighted by Crippen LogP contribution is -2.19. The summed E-state index contributed by atoms with van der Waals surface area (Å²) in [6.07, 6.45) is 2.58. The Hall–Kier alpha value is -3.29. The molecule has 0 bridgehead atoms. The van der Waals surface area contributed by atoms with Crippen LogP contribution in [0.4, 0.5) is 10.1 Å². The summed E-state index contributed by atoms with van der Waals surface area (Å²) in [5.74, 6) is 0.266. The van der Waals surface area contributed by atoms with E-state index in [4.69, 9.17) is 4.42 Å². The molecule has 23 heavy (non-hydrogen) atoms. The topological polar surface area (TPSA) is 91.2 Å². The second-order valence-corrected chi connectivity index (χ2v) is 4.74. The number of pyridine rings is 1. The lowest BCUT2D eigenvalue weighted by molar-refractivity contribution is -0.385. The number of hydrogen-bond donors (Lipinski definition) is 0. The van der Waals surface area contributed by atoms with Crippen LogP contribution in [0.5, 0.6) is 0 Å². The highest BCUT2D eigenvalue weighted by atomic mass is 19.1. The van der Waals surface area contributed by atoms with Gasteiger partial charge in [-0.15, -0.1) is 0 Å². The average Bonchev–Trinajstić information content (AvgIpc) is 2.98. The van der Waals surface area contributed by atoms with E-state index in [2.05, 4.69) is 4.98 Å². The fourth-order valence-corrected chi connectivity index (χ4v) is 2.03. The third-order valence-corrected chi connectivity index (χ3v) is 3.17. The fourth-order valence-electron chi connectivity index (χ4n) is 2.03. The highest BCUT2D eigenvalue weighted by Gasteiger charge is 2.11. The zero-order valence-corrected chi connectivity index (χ0v) is 11.7. The fraction of sp³-hybridized carbons (Fsp3) is 0.0667. The zero-order chi connectivity index (χ0) is 16.4. The molecule has 1 aromatic carbocycles. The van der Waals surface area contributed by atoms with Crippen molar-refractivity contribution in [3.63, 3.8) is 0 Å². The number of nitrogens with zero attached hydrogens (tertiary/aromatic N) is 3. The smallest absolute Gasteiger partial charge is 0.285 e. The maximum Gasteiger partial charge on any atom is 0.285 e. The number of hydrogen-bond acceptors (Lipinski definition) is 5. The van der Waals surface area contributed by atoms with Crippen molar-refractivity contribution in [2.75, 3.05) is 0 Å². The van der Waals surface area contributed by atoms with Gasteiger partial charge in [-0.05, 0) is 24.3 Å². The minimum absolute atomic E-state index is 0.0400. The average molecular weight is 315 g/mol. The quantitative estimate of drug-likeness (QED) is 0.545. The number of nitro groups is 1. The summed E-state index contributed by atoms with van der Waals surface area (Å²) in [5.41, 5.74) is 0.0311. The molecular formula is C15H10FN3O4. The van der Waals surface area contributed by atoms with E-state index in [-0.39, 0.29) is 23.9 Å². The van der Waals surface area contributed by atoms with Gasteiger partial charge in [0, 0.05) is 17.7 Å². The number of benzene rings is 1. The molecular weight excluding hydrogens is 305 g/mol. The van der Waals surface area contributed by atoms with Crippen molar-refractivity contribution in [1.29, 1.82) is 0 Å². The first kappa shape index (κ1) is 14.6. The summed E-state index contributed by atoms with van der Waals surface area (Å²) in [4.78, 5) is 25.9. The molecule has 0 fully saturated rings. The lowest BCUT2D eigenvalue weighted by Gasteiger charge is -2.01. The molecule has 0 N–H and O–H groups in total. The molecule has 0 saturated carbocycles. The first-order valence-electron chi connectivity index (χ1n) is 6.58. The Labute approximate surface area is 128 Å². The van der Waals surface area contributed by atoms with Crippen molar-refractivity contribution < 1.29 is 13.7 Å². The molecule has 2 heterocycles. The van der Waals surface area contributed by atoms with Crippen LogP contribution in [0.3, 0.4) is 0 Å². The molecule has 3 aromatic rings. The summed E-state index contributed by atoms with van der Waals surface area (Å²) >= 11 is 0. The van der Waals surface area contributed by atoms with E-state index < -0.39 is 10.5 Å². The summed E-state index contributed by atoms with van der Waals surface area (Å²) in [6.45, 7) is -0.0400. The van der Waals surface area contributed by atoms with Gasteiger partial charge in [0.1, 0.15) is 12.4 Å². The molecule has 0 spiro atoms. The number of rotatable bonds is 4. The van der Waals surface area contributed by atoms with Gasteiger partial charge in [-0.3, -0.25) is 19.5 Å². The van der Waals surface area contributed by atoms with Crippen LogP contribution in [-0.2, 0) is 6.54 Å². The highest BCUT2D eigenvalue weighted by Crippen LogP contribution is 2.21. The standard InChI is InChI=1S/C15H10FN3O4/c16-11-3-1-10(2-4-11)13-7-17-14(23-13)9-18-8-12(19(21)22)5-6-15(18)20/h1-8H,9H2. The van der Waals surface area contributed by atoms with E-state index in [9.17, 15) is 19.3 Å². The Kier molecular flexibility index (Phi) is 3.71. The molecule has 3 rings (SSSR count). The second-order valence-electron chi connectivity index (χ2n) is 4.74. The van der Waals surface area contributed by atoms with Crippen molar-refractivity contribution >= 4 is 5.69 Å². The zero-order valence-electron chi connectivity index (χ0n) is 11.7. The monoisotopic (exact) mass is 315 g/mol. The van der Waals surface area contributed by atoms with Gasteiger partial charge in [-0.1, -0.05) is 0 Å². The Morgan fingerprint density at radius 3 is 2.65 bits per heavy atom. The van der Waals surface area contributed by atoms with E-state index in [1.807, 2.05) is 0 Å². The van der Waals surface area contributed by atoms with Crippen molar-refractivity contribution in [1.82, 2.24) is 9.55 Å². The van der Waals surface area contributed by atoms with Crippen LogP contribution in [-0.4, -0.2) is 14.5 Å². The maximum atomic E-state index is 12.9. The molecule has 2 aromatic heterocycles. The predicted octanol–water partition coefficient (Wildman–Crippen LogP) is 2.60.